The Morgan fingerprint density at radius 1 is 0.960 bits per heavy atom. The number of aromatic nitrogens is 5. The van der Waals surface area contributed by atoms with Gasteiger partial charge in [-0.1, -0.05) is 38.1 Å². The van der Waals surface area contributed by atoms with Crippen LogP contribution in [0.4, 0.5) is 5.82 Å². The summed E-state index contributed by atoms with van der Waals surface area (Å²) in [6, 6.07) is 12.9. The number of piperazine rings is 1. The van der Waals surface area contributed by atoms with Crippen molar-refractivity contribution in [3.8, 4) is 0 Å². The Bertz CT molecular complexity index is 832. The summed E-state index contributed by atoms with van der Waals surface area (Å²) in [6.45, 7) is 9.45. The van der Waals surface area contributed by atoms with Gasteiger partial charge in [-0.3, -0.25) is 4.90 Å². The summed E-state index contributed by atoms with van der Waals surface area (Å²) in [5.41, 5.74) is 3.45. The van der Waals surface area contributed by atoms with Crippen LogP contribution in [0.25, 0.3) is 5.65 Å². The highest BCUT2D eigenvalue weighted by atomic mass is 15.6. The molecule has 4 rings (SSSR count). The lowest BCUT2D eigenvalue weighted by Gasteiger charge is -2.35. The number of benzene rings is 1. The van der Waals surface area contributed by atoms with Gasteiger partial charge in [0.25, 0.3) is 0 Å². The third kappa shape index (κ3) is 3.46. The fourth-order valence-corrected chi connectivity index (χ4v) is 3.21. The van der Waals surface area contributed by atoms with Crippen LogP contribution in [0.3, 0.4) is 0 Å². The molecule has 0 atom stereocenters. The zero-order valence-corrected chi connectivity index (χ0v) is 14.7. The lowest BCUT2D eigenvalue weighted by Crippen LogP contribution is -2.46. The molecule has 1 fully saturated rings. The molecule has 0 spiro atoms. The van der Waals surface area contributed by atoms with Crippen LogP contribution in [0.15, 0.2) is 36.4 Å². The van der Waals surface area contributed by atoms with E-state index < -0.39 is 0 Å². The number of nitrogens with zero attached hydrogens (tertiary/aromatic N) is 7. The summed E-state index contributed by atoms with van der Waals surface area (Å²) in [4.78, 5) is 4.79. The maximum Gasteiger partial charge on any atom is 0.200 e. The first kappa shape index (κ1) is 16.0. The average molecular weight is 337 g/mol. The van der Waals surface area contributed by atoms with E-state index in [1.165, 1.54) is 15.8 Å². The SMILES string of the molecule is CC(C)c1ccc(CN2CCN(c3ccc4nnnn4n3)CC2)cc1. The molecule has 0 saturated carbocycles. The van der Waals surface area contributed by atoms with Gasteiger partial charge in [0.15, 0.2) is 11.5 Å². The molecule has 1 aliphatic rings. The highest BCUT2D eigenvalue weighted by molar-refractivity contribution is 5.44. The van der Waals surface area contributed by atoms with Crippen molar-refractivity contribution >= 4 is 11.5 Å². The van der Waals surface area contributed by atoms with Crippen LogP contribution in [0.5, 0.6) is 0 Å². The monoisotopic (exact) mass is 337 g/mol. The van der Waals surface area contributed by atoms with Crippen LogP contribution in [-0.2, 0) is 6.54 Å². The number of rotatable bonds is 4. The van der Waals surface area contributed by atoms with Gasteiger partial charge >= 0.3 is 0 Å². The summed E-state index contributed by atoms with van der Waals surface area (Å²) < 4.78 is 1.48. The van der Waals surface area contributed by atoms with Gasteiger partial charge in [-0.05, 0) is 39.6 Å². The van der Waals surface area contributed by atoms with Gasteiger partial charge in [0.1, 0.15) is 0 Å². The second-order valence-electron chi connectivity index (χ2n) is 6.88. The van der Waals surface area contributed by atoms with Crippen molar-refractivity contribution in [2.75, 3.05) is 31.1 Å². The topological polar surface area (TPSA) is 62.5 Å². The van der Waals surface area contributed by atoms with Crippen molar-refractivity contribution < 1.29 is 0 Å². The van der Waals surface area contributed by atoms with E-state index in [0.29, 0.717) is 11.6 Å². The quantitative estimate of drug-likeness (QED) is 0.725. The van der Waals surface area contributed by atoms with E-state index in [-0.39, 0.29) is 0 Å². The number of hydrogen-bond donors (Lipinski definition) is 0. The molecule has 1 saturated heterocycles. The van der Waals surface area contributed by atoms with Gasteiger partial charge in [0.2, 0.25) is 0 Å². The molecule has 0 amide bonds. The molecule has 0 radical (unpaired) electrons. The van der Waals surface area contributed by atoms with Crippen LogP contribution >= 0.6 is 0 Å². The first-order valence-electron chi connectivity index (χ1n) is 8.80. The molecular weight excluding hydrogens is 314 g/mol. The maximum absolute atomic E-state index is 4.48. The summed E-state index contributed by atoms with van der Waals surface area (Å²) >= 11 is 0. The lowest BCUT2D eigenvalue weighted by molar-refractivity contribution is 0.249. The van der Waals surface area contributed by atoms with E-state index >= 15 is 0 Å². The molecule has 3 aromatic rings. The Morgan fingerprint density at radius 3 is 2.44 bits per heavy atom. The number of fused-ring (bicyclic) bond motifs is 1. The van der Waals surface area contributed by atoms with Crippen molar-refractivity contribution in [1.82, 2.24) is 30.2 Å². The molecule has 3 heterocycles. The summed E-state index contributed by atoms with van der Waals surface area (Å²) in [5, 5.41) is 15.9. The summed E-state index contributed by atoms with van der Waals surface area (Å²) in [6.07, 6.45) is 0. The third-order valence-electron chi connectivity index (χ3n) is 4.80. The number of tetrazole rings is 1. The molecular formula is C18H23N7. The lowest BCUT2D eigenvalue weighted by atomic mass is 10.0. The van der Waals surface area contributed by atoms with E-state index in [4.69, 9.17) is 0 Å². The minimum atomic E-state index is 0.586. The Hall–Kier alpha value is -2.54. The molecule has 2 aromatic heterocycles. The Kier molecular flexibility index (Phi) is 4.31. The predicted octanol–water partition coefficient (Wildman–Crippen LogP) is 1.96. The Morgan fingerprint density at radius 2 is 1.72 bits per heavy atom. The van der Waals surface area contributed by atoms with Gasteiger partial charge in [-0.15, -0.1) is 14.8 Å². The number of hydrogen-bond acceptors (Lipinski definition) is 6. The Balaban J connectivity index is 1.36. The molecule has 0 aliphatic carbocycles. The zero-order chi connectivity index (χ0) is 17.2. The smallest absolute Gasteiger partial charge is 0.200 e. The maximum atomic E-state index is 4.48. The molecule has 130 valence electrons. The van der Waals surface area contributed by atoms with Crippen LogP contribution in [0, 0.1) is 0 Å². The molecule has 1 aliphatic heterocycles. The first-order chi connectivity index (χ1) is 12.2. The van der Waals surface area contributed by atoms with E-state index in [1.54, 1.807) is 0 Å². The fraction of sp³-hybridized carbons (Fsp3) is 0.444. The van der Waals surface area contributed by atoms with E-state index in [2.05, 4.69) is 68.5 Å². The second kappa shape index (κ2) is 6.76. The second-order valence-corrected chi connectivity index (χ2v) is 6.88. The van der Waals surface area contributed by atoms with Gasteiger partial charge in [-0.2, -0.15) is 0 Å². The highest BCUT2D eigenvalue weighted by Gasteiger charge is 2.19. The zero-order valence-electron chi connectivity index (χ0n) is 14.7. The van der Waals surface area contributed by atoms with Crippen molar-refractivity contribution in [1.29, 1.82) is 0 Å². The molecule has 1 aromatic carbocycles. The first-order valence-corrected chi connectivity index (χ1v) is 8.80. The predicted molar refractivity (Wildman–Crippen MR) is 96.6 cm³/mol. The van der Waals surface area contributed by atoms with Crippen LogP contribution in [0.1, 0.15) is 30.9 Å². The van der Waals surface area contributed by atoms with E-state index in [9.17, 15) is 0 Å². The van der Waals surface area contributed by atoms with Crippen molar-refractivity contribution in [2.24, 2.45) is 0 Å². The van der Waals surface area contributed by atoms with Crippen molar-refractivity contribution in [3.05, 3.63) is 47.5 Å². The van der Waals surface area contributed by atoms with Gasteiger partial charge in [-0.25, -0.2) is 0 Å². The van der Waals surface area contributed by atoms with Gasteiger partial charge < -0.3 is 4.90 Å². The molecule has 0 N–H and O–H groups in total. The highest BCUT2D eigenvalue weighted by Crippen LogP contribution is 2.18. The Labute approximate surface area is 147 Å². The van der Waals surface area contributed by atoms with E-state index in [0.717, 1.165) is 38.5 Å². The minimum Gasteiger partial charge on any atom is -0.353 e. The van der Waals surface area contributed by atoms with Crippen LogP contribution < -0.4 is 4.90 Å². The summed E-state index contributed by atoms with van der Waals surface area (Å²) in [7, 11) is 0. The van der Waals surface area contributed by atoms with Crippen molar-refractivity contribution in [2.45, 2.75) is 26.3 Å². The molecule has 25 heavy (non-hydrogen) atoms. The third-order valence-corrected chi connectivity index (χ3v) is 4.80. The standard InChI is InChI=1S/C18H23N7/c1-14(2)16-5-3-15(4-6-16)13-23-9-11-24(12-10-23)18-8-7-17-19-21-22-25(17)20-18/h3-8,14H,9-13H2,1-2H3. The van der Waals surface area contributed by atoms with Crippen LogP contribution in [0.2, 0.25) is 0 Å². The average Bonchev–Trinajstić information content (AvgIpc) is 3.10. The van der Waals surface area contributed by atoms with Crippen molar-refractivity contribution in [3.63, 3.8) is 0 Å². The number of anilines is 1. The molecule has 0 unspecified atom stereocenters. The van der Waals surface area contributed by atoms with Crippen LogP contribution in [-0.4, -0.2) is 56.3 Å². The summed E-state index contributed by atoms with van der Waals surface area (Å²) in [5.74, 6) is 1.52. The van der Waals surface area contributed by atoms with Gasteiger partial charge in [0.05, 0.1) is 0 Å². The molecule has 7 heteroatoms. The van der Waals surface area contributed by atoms with Gasteiger partial charge in [0, 0.05) is 32.7 Å². The molecule has 7 nitrogen and oxygen atoms in total. The fourth-order valence-electron chi connectivity index (χ4n) is 3.21. The van der Waals surface area contributed by atoms with E-state index in [1.807, 2.05) is 12.1 Å². The normalized spacial score (nSPS) is 16.0. The molecule has 0 bridgehead atoms. The largest absolute Gasteiger partial charge is 0.353 e. The minimum absolute atomic E-state index is 0.586.